The van der Waals surface area contributed by atoms with Crippen LogP contribution in [0.25, 0.3) is 0 Å². The quantitative estimate of drug-likeness (QED) is 0.562. The Morgan fingerprint density at radius 2 is 1.40 bits per heavy atom. The third kappa shape index (κ3) is 7.16. The number of likely N-dealkylation sites (tertiary alicyclic amines) is 1. The second-order valence-corrected chi connectivity index (χ2v) is 8.55. The molecule has 4 rings (SSSR count). The average Bonchev–Trinajstić information content (AvgIpc) is 2.86. The predicted octanol–water partition coefficient (Wildman–Crippen LogP) is 2.25. The number of halogens is 1. The molecule has 0 atom stereocenters. The van der Waals surface area contributed by atoms with Gasteiger partial charge in [0.2, 0.25) is 5.91 Å². The van der Waals surface area contributed by atoms with E-state index >= 15 is 0 Å². The van der Waals surface area contributed by atoms with Gasteiger partial charge in [-0.2, -0.15) is 0 Å². The molecule has 0 saturated carbocycles. The van der Waals surface area contributed by atoms with Crippen molar-refractivity contribution < 1.29 is 34.1 Å². The van der Waals surface area contributed by atoms with Crippen LogP contribution in [0.5, 0.6) is 5.75 Å². The second-order valence-electron chi connectivity index (χ2n) is 8.55. The van der Waals surface area contributed by atoms with Gasteiger partial charge in [-0.3, -0.25) is 9.69 Å². The Morgan fingerprint density at radius 3 is 1.97 bits per heavy atom. The number of para-hydroxylation sites is 2. The van der Waals surface area contributed by atoms with Gasteiger partial charge < -0.3 is 25.1 Å². The molecule has 10 heteroatoms. The van der Waals surface area contributed by atoms with Crippen LogP contribution in [0.1, 0.15) is 18.4 Å². The molecule has 0 aliphatic carbocycles. The van der Waals surface area contributed by atoms with Gasteiger partial charge in [-0.25, -0.2) is 14.0 Å². The zero-order valence-corrected chi connectivity index (χ0v) is 19.3. The number of carbonyl (C=O) groups excluding carboxylic acids is 1. The Bertz CT molecular complexity index is 1020. The zero-order chi connectivity index (χ0) is 25.4. The van der Waals surface area contributed by atoms with Crippen LogP contribution in [-0.2, 0) is 20.9 Å². The standard InChI is InChI=1S/C23H28FN3O2.C2H2O4/c24-20-6-2-3-7-21(20)26-13-15-27(16-14-26)23(29)18-9-11-25(12-10-18)17-19-5-1-4-8-22(19)28;3-1(4)2(5)6/h1-8,18,28H,9-17H2;(H,3,4)(H,5,6). The van der Waals surface area contributed by atoms with Crippen LogP contribution in [0, 0.1) is 11.7 Å². The number of carbonyl (C=O) groups is 3. The summed E-state index contributed by atoms with van der Waals surface area (Å²) in [6.07, 6.45) is 1.69. The Kier molecular flexibility index (Phi) is 9.02. The third-order valence-corrected chi connectivity index (χ3v) is 6.29. The summed E-state index contributed by atoms with van der Waals surface area (Å²) in [5.74, 6) is -3.22. The number of carboxylic acid groups (broad SMARTS) is 2. The maximum absolute atomic E-state index is 14.0. The van der Waals surface area contributed by atoms with Crippen molar-refractivity contribution in [1.82, 2.24) is 9.80 Å². The van der Waals surface area contributed by atoms with Gasteiger partial charge >= 0.3 is 11.9 Å². The predicted molar refractivity (Wildman–Crippen MR) is 127 cm³/mol. The van der Waals surface area contributed by atoms with Gasteiger partial charge in [0.15, 0.2) is 0 Å². The maximum atomic E-state index is 14.0. The number of benzene rings is 2. The fourth-order valence-electron chi connectivity index (χ4n) is 4.36. The summed E-state index contributed by atoms with van der Waals surface area (Å²) in [6.45, 7) is 5.06. The number of nitrogens with zero attached hydrogens (tertiary/aromatic N) is 3. The van der Waals surface area contributed by atoms with E-state index < -0.39 is 11.9 Å². The molecule has 2 aliphatic heterocycles. The van der Waals surface area contributed by atoms with Gasteiger partial charge in [0.05, 0.1) is 5.69 Å². The molecule has 2 saturated heterocycles. The van der Waals surface area contributed by atoms with Crippen molar-refractivity contribution in [3.63, 3.8) is 0 Å². The molecule has 0 radical (unpaired) electrons. The minimum absolute atomic E-state index is 0.0654. The van der Waals surface area contributed by atoms with E-state index in [1.807, 2.05) is 34.1 Å². The lowest BCUT2D eigenvalue weighted by molar-refractivity contribution is -0.159. The number of phenolic OH excluding ortho intramolecular Hbond substituents is 1. The first-order valence-corrected chi connectivity index (χ1v) is 11.5. The van der Waals surface area contributed by atoms with Gasteiger partial charge in [-0.1, -0.05) is 30.3 Å². The Balaban J connectivity index is 0.000000509. The van der Waals surface area contributed by atoms with Crippen molar-refractivity contribution in [1.29, 1.82) is 0 Å². The highest BCUT2D eigenvalue weighted by atomic mass is 19.1. The normalized spacial score (nSPS) is 16.8. The molecular weight excluding hydrogens is 457 g/mol. The number of anilines is 1. The Labute approximate surface area is 203 Å². The van der Waals surface area contributed by atoms with Crippen LogP contribution in [0.2, 0.25) is 0 Å². The first-order valence-electron chi connectivity index (χ1n) is 11.5. The highest BCUT2D eigenvalue weighted by Crippen LogP contribution is 2.25. The lowest BCUT2D eigenvalue weighted by atomic mass is 9.94. The molecule has 0 bridgehead atoms. The molecule has 35 heavy (non-hydrogen) atoms. The highest BCUT2D eigenvalue weighted by molar-refractivity contribution is 6.27. The largest absolute Gasteiger partial charge is 0.508 e. The number of hydrogen-bond donors (Lipinski definition) is 3. The lowest BCUT2D eigenvalue weighted by Crippen LogP contribution is -2.51. The molecule has 2 aromatic carbocycles. The molecule has 0 unspecified atom stereocenters. The molecule has 0 aromatic heterocycles. The number of rotatable bonds is 4. The van der Waals surface area contributed by atoms with E-state index in [0.717, 1.165) is 38.0 Å². The summed E-state index contributed by atoms with van der Waals surface area (Å²) < 4.78 is 14.0. The van der Waals surface area contributed by atoms with Crippen LogP contribution >= 0.6 is 0 Å². The summed E-state index contributed by atoms with van der Waals surface area (Å²) in [7, 11) is 0. The molecule has 0 spiro atoms. The molecule has 9 nitrogen and oxygen atoms in total. The average molecular weight is 488 g/mol. The first-order chi connectivity index (χ1) is 16.8. The topological polar surface area (TPSA) is 122 Å². The second kappa shape index (κ2) is 12.2. The monoisotopic (exact) mass is 487 g/mol. The Morgan fingerprint density at radius 1 is 0.829 bits per heavy atom. The molecule has 2 heterocycles. The van der Waals surface area contributed by atoms with Crippen molar-refractivity contribution in [2.75, 3.05) is 44.2 Å². The van der Waals surface area contributed by atoms with Crippen molar-refractivity contribution in [3.8, 4) is 5.75 Å². The number of piperidine rings is 1. The summed E-state index contributed by atoms with van der Waals surface area (Å²) in [4.78, 5) is 37.4. The zero-order valence-electron chi connectivity index (χ0n) is 19.3. The SMILES string of the molecule is O=C(C1CCN(Cc2ccccc2O)CC1)N1CCN(c2ccccc2F)CC1.O=C(O)C(=O)O. The van der Waals surface area contributed by atoms with Crippen molar-refractivity contribution in [3.05, 3.63) is 59.9 Å². The van der Waals surface area contributed by atoms with Gasteiger partial charge in [0, 0.05) is 44.2 Å². The van der Waals surface area contributed by atoms with Crippen molar-refractivity contribution in [2.45, 2.75) is 19.4 Å². The smallest absolute Gasteiger partial charge is 0.414 e. The number of aliphatic carboxylic acids is 2. The van der Waals surface area contributed by atoms with E-state index in [-0.39, 0.29) is 17.6 Å². The first kappa shape index (κ1) is 26.0. The van der Waals surface area contributed by atoms with E-state index in [2.05, 4.69) is 4.90 Å². The minimum Gasteiger partial charge on any atom is -0.508 e. The number of amides is 1. The van der Waals surface area contributed by atoms with E-state index in [0.29, 0.717) is 37.6 Å². The maximum Gasteiger partial charge on any atom is 0.414 e. The number of phenols is 1. The minimum atomic E-state index is -1.82. The van der Waals surface area contributed by atoms with Gasteiger partial charge in [0.1, 0.15) is 11.6 Å². The Hall–Kier alpha value is -3.66. The molecular formula is C25H30FN3O6. The van der Waals surface area contributed by atoms with E-state index in [1.54, 1.807) is 18.2 Å². The van der Waals surface area contributed by atoms with E-state index in [1.165, 1.54) is 6.07 Å². The molecule has 1 amide bonds. The van der Waals surface area contributed by atoms with Crippen LogP contribution in [-0.4, -0.2) is 82.2 Å². The fraction of sp³-hybridized carbons (Fsp3) is 0.400. The van der Waals surface area contributed by atoms with Crippen molar-refractivity contribution >= 4 is 23.5 Å². The fourth-order valence-corrected chi connectivity index (χ4v) is 4.36. The molecule has 188 valence electrons. The number of carboxylic acids is 2. The molecule has 2 aliphatic rings. The highest BCUT2D eigenvalue weighted by Gasteiger charge is 2.31. The summed E-state index contributed by atoms with van der Waals surface area (Å²) >= 11 is 0. The molecule has 3 N–H and O–H groups in total. The van der Waals surface area contributed by atoms with E-state index in [4.69, 9.17) is 19.8 Å². The van der Waals surface area contributed by atoms with Gasteiger partial charge in [0.25, 0.3) is 0 Å². The van der Waals surface area contributed by atoms with E-state index in [9.17, 15) is 14.3 Å². The molecule has 2 fully saturated rings. The van der Waals surface area contributed by atoms with Gasteiger partial charge in [-0.15, -0.1) is 0 Å². The summed E-state index contributed by atoms with van der Waals surface area (Å²) in [5, 5.41) is 24.7. The van der Waals surface area contributed by atoms with Crippen LogP contribution in [0.3, 0.4) is 0 Å². The van der Waals surface area contributed by atoms with Crippen molar-refractivity contribution in [2.24, 2.45) is 5.92 Å². The number of piperazine rings is 1. The summed E-state index contributed by atoms with van der Waals surface area (Å²) in [6, 6.07) is 14.3. The number of hydrogen-bond acceptors (Lipinski definition) is 6. The summed E-state index contributed by atoms with van der Waals surface area (Å²) in [5.41, 5.74) is 1.55. The van der Waals surface area contributed by atoms with Crippen LogP contribution < -0.4 is 4.90 Å². The molecule has 2 aromatic rings. The lowest BCUT2D eigenvalue weighted by Gasteiger charge is -2.39. The third-order valence-electron chi connectivity index (χ3n) is 6.29. The van der Waals surface area contributed by atoms with Gasteiger partial charge in [-0.05, 0) is 44.1 Å². The van der Waals surface area contributed by atoms with Crippen LogP contribution in [0.15, 0.2) is 48.5 Å². The number of aromatic hydroxyl groups is 1. The van der Waals surface area contributed by atoms with Crippen LogP contribution in [0.4, 0.5) is 10.1 Å².